The lowest BCUT2D eigenvalue weighted by molar-refractivity contribution is -0.123. The van der Waals surface area contributed by atoms with Crippen LogP contribution in [0.1, 0.15) is 20.8 Å². The summed E-state index contributed by atoms with van der Waals surface area (Å²) >= 11 is 1.25. The van der Waals surface area contributed by atoms with E-state index in [1.54, 1.807) is 0 Å². The van der Waals surface area contributed by atoms with E-state index in [0.29, 0.717) is 22.5 Å². The molecule has 1 aromatic rings. The molecular formula is C10H16N4OS. The number of carbonyl (C=O) groups is 1. The molecule has 0 aliphatic rings. The van der Waals surface area contributed by atoms with E-state index in [-0.39, 0.29) is 11.2 Å². The van der Waals surface area contributed by atoms with Crippen molar-refractivity contribution in [1.29, 1.82) is 0 Å². The standard InChI is InChI=1S/C10H16N4OS/c1-10(2,3)6(15)5-16-9-13-7(11)4-8(12)14-9/h4H,5H2,1-3H3,(H4,11,12,13,14). The van der Waals surface area contributed by atoms with Crippen molar-refractivity contribution in [3.63, 3.8) is 0 Å². The smallest absolute Gasteiger partial charge is 0.191 e. The maximum Gasteiger partial charge on any atom is 0.191 e. The highest BCUT2D eigenvalue weighted by atomic mass is 32.2. The Morgan fingerprint density at radius 2 is 1.81 bits per heavy atom. The monoisotopic (exact) mass is 240 g/mol. The molecule has 0 bridgehead atoms. The zero-order chi connectivity index (χ0) is 12.3. The van der Waals surface area contributed by atoms with Gasteiger partial charge in [-0.15, -0.1) is 0 Å². The molecule has 1 aromatic heterocycles. The van der Waals surface area contributed by atoms with E-state index < -0.39 is 0 Å². The summed E-state index contributed by atoms with van der Waals surface area (Å²) in [5.74, 6) is 1.10. The van der Waals surface area contributed by atoms with Crippen LogP contribution in [0.3, 0.4) is 0 Å². The molecule has 1 rings (SSSR count). The summed E-state index contributed by atoms with van der Waals surface area (Å²) in [6.45, 7) is 5.64. The molecule has 0 aromatic carbocycles. The number of hydrogen-bond acceptors (Lipinski definition) is 6. The van der Waals surface area contributed by atoms with Crippen molar-refractivity contribution in [2.45, 2.75) is 25.9 Å². The van der Waals surface area contributed by atoms with Gasteiger partial charge in [-0.25, -0.2) is 9.97 Å². The van der Waals surface area contributed by atoms with Crippen LogP contribution in [0.4, 0.5) is 11.6 Å². The van der Waals surface area contributed by atoms with Crippen LogP contribution in [0.2, 0.25) is 0 Å². The Balaban J connectivity index is 2.65. The predicted molar refractivity (Wildman–Crippen MR) is 66.0 cm³/mol. The number of nitrogen functional groups attached to an aromatic ring is 2. The van der Waals surface area contributed by atoms with Crippen LogP contribution in [0.5, 0.6) is 0 Å². The van der Waals surface area contributed by atoms with Crippen molar-refractivity contribution in [3.05, 3.63) is 6.07 Å². The average Bonchev–Trinajstić information content (AvgIpc) is 2.11. The van der Waals surface area contributed by atoms with Gasteiger partial charge in [-0.1, -0.05) is 32.5 Å². The van der Waals surface area contributed by atoms with E-state index in [4.69, 9.17) is 11.5 Å². The number of aromatic nitrogens is 2. The van der Waals surface area contributed by atoms with Gasteiger partial charge in [0.25, 0.3) is 0 Å². The lowest BCUT2D eigenvalue weighted by Crippen LogP contribution is -2.22. The minimum absolute atomic E-state index is 0.141. The normalized spacial score (nSPS) is 11.4. The summed E-state index contributed by atoms with van der Waals surface area (Å²) in [5, 5.41) is 0.440. The molecule has 0 radical (unpaired) electrons. The molecular weight excluding hydrogens is 224 g/mol. The number of nitrogens with zero attached hydrogens (tertiary/aromatic N) is 2. The first-order valence-electron chi connectivity index (χ1n) is 4.85. The van der Waals surface area contributed by atoms with Crippen LogP contribution < -0.4 is 11.5 Å². The van der Waals surface area contributed by atoms with Crippen LogP contribution in [0, 0.1) is 5.41 Å². The lowest BCUT2D eigenvalue weighted by Gasteiger charge is -2.15. The zero-order valence-electron chi connectivity index (χ0n) is 9.65. The molecule has 4 N–H and O–H groups in total. The van der Waals surface area contributed by atoms with Gasteiger partial charge in [0, 0.05) is 11.5 Å². The number of hydrogen-bond donors (Lipinski definition) is 2. The number of anilines is 2. The Labute approximate surface area is 99.0 Å². The maximum absolute atomic E-state index is 11.7. The number of Topliss-reactive ketones (excluding diaryl/α,β-unsaturated/α-hetero) is 1. The van der Waals surface area contributed by atoms with Crippen molar-refractivity contribution in [2.75, 3.05) is 17.2 Å². The van der Waals surface area contributed by atoms with Crippen molar-refractivity contribution in [1.82, 2.24) is 9.97 Å². The van der Waals surface area contributed by atoms with Gasteiger partial charge in [-0.05, 0) is 0 Å². The number of thioether (sulfide) groups is 1. The Kier molecular flexibility index (Phi) is 3.74. The highest BCUT2D eigenvalue weighted by Gasteiger charge is 2.21. The van der Waals surface area contributed by atoms with Crippen molar-refractivity contribution >= 4 is 29.2 Å². The maximum atomic E-state index is 11.7. The molecule has 0 amide bonds. The van der Waals surface area contributed by atoms with Crippen LogP contribution in [-0.4, -0.2) is 21.5 Å². The summed E-state index contributed by atoms with van der Waals surface area (Å²) < 4.78 is 0. The van der Waals surface area contributed by atoms with Gasteiger partial charge in [0.2, 0.25) is 0 Å². The molecule has 6 heteroatoms. The highest BCUT2D eigenvalue weighted by molar-refractivity contribution is 7.99. The molecule has 0 fully saturated rings. The molecule has 0 atom stereocenters. The number of ketones is 1. The Morgan fingerprint density at radius 3 is 2.25 bits per heavy atom. The SMILES string of the molecule is CC(C)(C)C(=O)CSc1nc(N)cc(N)n1. The summed E-state index contributed by atoms with van der Waals surface area (Å²) in [6.07, 6.45) is 0. The van der Waals surface area contributed by atoms with E-state index in [1.165, 1.54) is 17.8 Å². The number of carbonyl (C=O) groups excluding carboxylic acids is 1. The Bertz CT molecular complexity index is 380. The first-order valence-corrected chi connectivity index (χ1v) is 5.84. The summed E-state index contributed by atoms with van der Waals surface area (Å²) in [6, 6.07) is 1.48. The molecule has 0 aliphatic carbocycles. The number of rotatable bonds is 3. The van der Waals surface area contributed by atoms with Gasteiger partial charge in [0.15, 0.2) is 5.16 Å². The van der Waals surface area contributed by atoms with Crippen LogP contribution in [-0.2, 0) is 4.79 Å². The quantitative estimate of drug-likeness (QED) is 0.611. The second-order valence-electron chi connectivity index (χ2n) is 4.46. The van der Waals surface area contributed by atoms with Crippen molar-refractivity contribution < 1.29 is 4.79 Å². The second kappa shape index (κ2) is 4.69. The van der Waals surface area contributed by atoms with Gasteiger partial charge in [0.1, 0.15) is 17.4 Å². The third kappa shape index (κ3) is 3.69. The Morgan fingerprint density at radius 1 is 1.31 bits per heavy atom. The van der Waals surface area contributed by atoms with Gasteiger partial charge in [-0.2, -0.15) is 0 Å². The van der Waals surface area contributed by atoms with E-state index in [1.807, 2.05) is 20.8 Å². The van der Waals surface area contributed by atoms with E-state index >= 15 is 0 Å². The molecule has 16 heavy (non-hydrogen) atoms. The van der Waals surface area contributed by atoms with Gasteiger partial charge < -0.3 is 11.5 Å². The zero-order valence-corrected chi connectivity index (χ0v) is 10.5. The third-order valence-electron chi connectivity index (χ3n) is 1.91. The van der Waals surface area contributed by atoms with E-state index in [0.717, 1.165) is 0 Å². The minimum atomic E-state index is -0.348. The Hall–Kier alpha value is -1.30. The van der Waals surface area contributed by atoms with Gasteiger partial charge in [0.05, 0.1) is 5.75 Å². The minimum Gasteiger partial charge on any atom is -0.383 e. The molecule has 1 heterocycles. The van der Waals surface area contributed by atoms with Crippen molar-refractivity contribution in [2.24, 2.45) is 5.41 Å². The average molecular weight is 240 g/mol. The predicted octanol–water partition coefficient (Wildman–Crippen LogP) is 1.35. The summed E-state index contributed by atoms with van der Waals surface area (Å²) in [5.41, 5.74) is 10.7. The summed E-state index contributed by atoms with van der Waals surface area (Å²) in [7, 11) is 0. The molecule has 0 saturated carbocycles. The topological polar surface area (TPSA) is 94.9 Å². The van der Waals surface area contributed by atoms with Gasteiger partial charge >= 0.3 is 0 Å². The fourth-order valence-corrected chi connectivity index (χ4v) is 1.91. The third-order valence-corrected chi connectivity index (χ3v) is 2.76. The molecule has 0 saturated heterocycles. The summed E-state index contributed by atoms with van der Waals surface area (Å²) in [4.78, 5) is 19.6. The molecule has 0 aliphatic heterocycles. The largest absolute Gasteiger partial charge is 0.383 e. The first-order chi connectivity index (χ1) is 7.29. The van der Waals surface area contributed by atoms with Crippen molar-refractivity contribution in [3.8, 4) is 0 Å². The van der Waals surface area contributed by atoms with E-state index in [2.05, 4.69) is 9.97 Å². The lowest BCUT2D eigenvalue weighted by atomic mass is 9.92. The number of nitrogens with two attached hydrogens (primary N) is 2. The van der Waals surface area contributed by atoms with Gasteiger partial charge in [-0.3, -0.25) is 4.79 Å². The highest BCUT2D eigenvalue weighted by Crippen LogP contribution is 2.22. The van der Waals surface area contributed by atoms with Crippen LogP contribution >= 0.6 is 11.8 Å². The molecule has 5 nitrogen and oxygen atoms in total. The van der Waals surface area contributed by atoms with Crippen LogP contribution in [0.25, 0.3) is 0 Å². The molecule has 0 spiro atoms. The molecule has 88 valence electrons. The fourth-order valence-electron chi connectivity index (χ4n) is 0.873. The fraction of sp³-hybridized carbons (Fsp3) is 0.500. The van der Waals surface area contributed by atoms with Crippen LogP contribution in [0.15, 0.2) is 11.2 Å². The first kappa shape index (κ1) is 12.8. The second-order valence-corrected chi connectivity index (χ2v) is 5.40. The molecule has 0 unspecified atom stereocenters. The van der Waals surface area contributed by atoms with E-state index in [9.17, 15) is 4.79 Å².